The Hall–Kier alpha value is -2.77. The summed E-state index contributed by atoms with van der Waals surface area (Å²) in [6.45, 7) is 0.327. The Morgan fingerprint density at radius 1 is 1.18 bits per heavy atom. The first kappa shape index (κ1) is 20.0. The van der Waals surface area contributed by atoms with Crippen LogP contribution in [0.4, 0.5) is 4.39 Å². The van der Waals surface area contributed by atoms with Crippen molar-refractivity contribution in [1.29, 1.82) is 0 Å². The molecule has 0 fully saturated rings. The SMILES string of the molecule is O=C(Cc1nc(COC(=O)c2cc(Cl)ccc2F)cs1)NCc1ccccc1. The van der Waals surface area contributed by atoms with Gasteiger partial charge in [-0.3, -0.25) is 4.79 Å². The maximum Gasteiger partial charge on any atom is 0.341 e. The highest BCUT2D eigenvalue weighted by Gasteiger charge is 2.15. The summed E-state index contributed by atoms with van der Waals surface area (Å²) >= 11 is 7.07. The first-order valence-corrected chi connectivity index (χ1v) is 9.63. The van der Waals surface area contributed by atoms with E-state index in [1.807, 2.05) is 30.3 Å². The van der Waals surface area contributed by atoms with E-state index in [1.165, 1.54) is 23.5 Å². The second kappa shape index (κ2) is 9.43. The average Bonchev–Trinajstić information content (AvgIpc) is 3.14. The number of nitrogens with zero attached hydrogens (tertiary/aromatic N) is 1. The van der Waals surface area contributed by atoms with Crippen LogP contribution in [0.15, 0.2) is 53.9 Å². The number of rotatable bonds is 7. The zero-order chi connectivity index (χ0) is 19.9. The molecule has 1 heterocycles. The molecule has 1 amide bonds. The van der Waals surface area contributed by atoms with E-state index >= 15 is 0 Å². The monoisotopic (exact) mass is 418 g/mol. The van der Waals surface area contributed by atoms with Gasteiger partial charge in [0, 0.05) is 16.9 Å². The second-order valence-corrected chi connectivity index (χ2v) is 7.25. The molecule has 8 heteroatoms. The highest BCUT2D eigenvalue weighted by atomic mass is 35.5. The molecule has 0 unspecified atom stereocenters. The lowest BCUT2D eigenvalue weighted by Crippen LogP contribution is -2.24. The second-order valence-electron chi connectivity index (χ2n) is 5.87. The summed E-state index contributed by atoms with van der Waals surface area (Å²) in [5.74, 6) is -1.68. The van der Waals surface area contributed by atoms with E-state index in [0.29, 0.717) is 17.2 Å². The molecule has 0 bridgehead atoms. The van der Waals surface area contributed by atoms with Crippen molar-refractivity contribution in [3.05, 3.63) is 86.6 Å². The molecule has 0 aliphatic rings. The van der Waals surface area contributed by atoms with Crippen molar-refractivity contribution < 1.29 is 18.7 Å². The molecular formula is C20H16ClFN2O3S. The number of esters is 1. The van der Waals surface area contributed by atoms with Crippen molar-refractivity contribution in [2.45, 2.75) is 19.6 Å². The standard InChI is InChI=1S/C20H16ClFN2O3S/c21-14-6-7-17(22)16(8-14)20(26)27-11-15-12-28-19(24-15)9-18(25)23-10-13-4-2-1-3-5-13/h1-8,12H,9-11H2,(H,23,25). The fraction of sp³-hybridized carbons (Fsp3) is 0.150. The van der Waals surface area contributed by atoms with Crippen LogP contribution in [-0.4, -0.2) is 16.9 Å². The van der Waals surface area contributed by atoms with E-state index < -0.39 is 11.8 Å². The van der Waals surface area contributed by atoms with Crippen LogP contribution in [0.25, 0.3) is 0 Å². The number of carbonyl (C=O) groups is 2. The van der Waals surface area contributed by atoms with E-state index in [0.717, 1.165) is 11.6 Å². The number of hydrogen-bond acceptors (Lipinski definition) is 5. The van der Waals surface area contributed by atoms with Gasteiger partial charge in [-0.05, 0) is 23.8 Å². The lowest BCUT2D eigenvalue weighted by atomic mass is 10.2. The molecule has 3 aromatic rings. The summed E-state index contributed by atoms with van der Waals surface area (Å²) in [5, 5.41) is 5.37. The molecule has 0 spiro atoms. The summed E-state index contributed by atoms with van der Waals surface area (Å²) in [7, 11) is 0. The Balaban J connectivity index is 1.49. The summed E-state index contributed by atoms with van der Waals surface area (Å²) < 4.78 is 18.8. The number of ether oxygens (including phenoxy) is 1. The van der Waals surface area contributed by atoms with E-state index in [-0.39, 0.29) is 29.5 Å². The minimum Gasteiger partial charge on any atom is -0.455 e. The van der Waals surface area contributed by atoms with Crippen molar-refractivity contribution in [3.63, 3.8) is 0 Å². The maximum absolute atomic E-state index is 13.7. The van der Waals surface area contributed by atoms with Crippen molar-refractivity contribution >= 4 is 34.8 Å². The van der Waals surface area contributed by atoms with Crippen molar-refractivity contribution in [1.82, 2.24) is 10.3 Å². The van der Waals surface area contributed by atoms with Crippen LogP contribution in [0.2, 0.25) is 5.02 Å². The molecule has 0 radical (unpaired) electrons. The Morgan fingerprint density at radius 3 is 2.75 bits per heavy atom. The zero-order valence-corrected chi connectivity index (χ0v) is 16.2. The van der Waals surface area contributed by atoms with Gasteiger partial charge < -0.3 is 10.1 Å². The highest BCUT2D eigenvalue weighted by molar-refractivity contribution is 7.09. The minimum atomic E-state index is -0.824. The minimum absolute atomic E-state index is 0.118. The third-order valence-corrected chi connectivity index (χ3v) is 4.88. The van der Waals surface area contributed by atoms with Crippen LogP contribution >= 0.6 is 22.9 Å². The van der Waals surface area contributed by atoms with Gasteiger partial charge >= 0.3 is 5.97 Å². The van der Waals surface area contributed by atoms with E-state index in [2.05, 4.69) is 10.3 Å². The fourth-order valence-electron chi connectivity index (χ4n) is 2.36. The van der Waals surface area contributed by atoms with Crippen LogP contribution in [0, 0.1) is 5.82 Å². The quantitative estimate of drug-likeness (QED) is 0.585. The van der Waals surface area contributed by atoms with Gasteiger partial charge in [-0.25, -0.2) is 14.2 Å². The molecule has 1 N–H and O–H groups in total. The first-order valence-electron chi connectivity index (χ1n) is 8.37. The predicted octanol–water partition coefficient (Wildman–Crippen LogP) is 4.15. The molecule has 0 saturated carbocycles. The van der Waals surface area contributed by atoms with Crippen LogP contribution in [0.5, 0.6) is 0 Å². The van der Waals surface area contributed by atoms with E-state index in [1.54, 1.807) is 5.38 Å². The molecule has 0 aliphatic carbocycles. The van der Waals surface area contributed by atoms with E-state index in [4.69, 9.17) is 16.3 Å². The van der Waals surface area contributed by atoms with Crippen molar-refractivity contribution in [3.8, 4) is 0 Å². The van der Waals surface area contributed by atoms with Crippen molar-refractivity contribution in [2.24, 2.45) is 0 Å². The van der Waals surface area contributed by atoms with Gasteiger partial charge in [-0.2, -0.15) is 0 Å². The summed E-state index contributed by atoms with van der Waals surface area (Å²) in [5.41, 5.74) is 1.27. The molecule has 5 nitrogen and oxygen atoms in total. The van der Waals surface area contributed by atoms with Gasteiger partial charge in [0.05, 0.1) is 17.7 Å². The third-order valence-electron chi connectivity index (χ3n) is 3.74. The van der Waals surface area contributed by atoms with Gasteiger partial charge in [-0.1, -0.05) is 41.9 Å². The van der Waals surface area contributed by atoms with Gasteiger partial charge in [0.15, 0.2) is 0 Å². The lowest BCUT2D eigenvalue weighted by molar-refractivity contribution is -0.120. The molecule has 2 aromatic carbocycles. The Bertz CT molecular complexity index is 979. The molecule has 1 aromatic heterocycles. The van der Waals surface area contributed by atoms with Crippen LogP contribution in [0.3, 0.4) is 0 Å². The van der Waals surface area contributed by atoms with Crippen LogP contribution < -0.4 is 5.32 Å². The zero-order valence-electron chi connectivity index (χ0n) is 14.7. The number of benzene rings is 2. The Kier molecular flexibility index (Phi) is 6.73. The number of carbonyl (C=O) groups excluding carboxylic acids is 2. The molecule has 0 atom stereocenters. The molecule has 0 aliphatic heterocycles. The van der Waals surface area contributed by atoms with Crippen LogP contribution in [-0.2, 0) is 29.1 Å². The maximum atomic E-state index is 13.7. The Labute approximate surface area is 170 Å². The number of nitrogens with one attached hydrogen (secondary N) is 1. The summed E-state index contributed by atoms with van der Waals surface area (Å²) in [6.07, 6.45) is 0.133. The Morgan fingerprint density at radius 2 is 1.96 bits per heavy atom. The number of thiazole rings is 1. The topological polar surface area (TPSA) is 68.3 Å². The largest absolute Gasteiger partial charge is 0.455 e. The number of halogens is 2. The van der Waals surface area contributed by atoms with E-state index in [9.17, 15) is 14.0 Å². The highest BCUT2D eigenvalue weighted by Crippen LogP contribution is 2.17. The summed E-state index contributed by atoms with van der Waals surface area (Å²) in [4.78, 5) is 28.3. The summed E-state index contributed by atoms with van der Waals surface area (Å²) in [6, 6.07) is 13.3. The van der Waals surface area contributed by atoms with Gasteiger partial charge in [0.2, 0.25) is 5.91 Å². The normalized spacial score (nSPS) is 10.5. The third kappa shape index (κ3) is 5.61. The number of amides is 1. The predicted molar refractivity (Wildman–Crippen MR) is 105 cm³/mol. The van der Waals surface area contributed by atoms with Crippen LogP contribution in [0.1, 0.15) is 26.6 Å². The smallest absolute Gasteiger partial charge is 0.341 e. The molecule has 28 heavy (non-hydrogen) atoms. The first-order chi connectivity index (χ1) is 13.5. The van der Waals surface area contributed by atoms with Gasteiger partial charge in [-0.15, -0.1) is 11.3 Å². The number of aromatic nitrogens is 1. The lowest BCUT2D eigenvalue weighted by Gasteiger charge is -2.05. The molecule has 144 valence electrons. The molecule has 0 saturated heterocycles. The van der Waals surface area contributed by atoms with Gasteiger partial charge in [0.1, 0.15) is 17.4 Å². The van der Waals surface area contributed by atoms with Crippen molar-refractivity contribution in [2.75, 3.05) is 0 Å². The molecule has 3 rings (SSSR count). The van der Waals surface area contributed by atoms with Gasteiger partial charge in [0.25, 0.3) is 0 Å². The molecular weight excluding hydrogens is 403 g/mol. The fourth-order valence-corrected chi connectivity index (χ4v) is 3.31. The average molecular weight is 419 g/mol. The number of hydrogen-bond donors (Lipinski definition) is 1.